The first-order chi connectivity index (χ1) is 8.06. The van der Waals surface area contributed by atoms with Crippen LogP contribution in [0.2, 0.25) is 0 Å². The molecule has 0 aliphatic heterocycles. The molecule has 0 bridgehead atoms. The van der Waals surface area contributed by atoms with E-state index in [1.165, 1.54) is 0 Å². The molecule has 0 spiro atoms. The van der Waals surface area contributed by atoms with Crippen molar-refractivity contribution >= 4 is 11.7 Å². The molecule has 2 N–H and O–H groups in total. The van der Waals surface area contributed by atoms with E-state index in [-0.39, 0.29) is 5.92 Å². The Kier molecular flexibility index (Phi) is 4.53. The Morgan fingerprint density at radius 3 is 2.88 bits per heavy atom. The summed E-state index contributed by atoms with van der Waals surface area (Å²) in [6, 6.07) is 7.62. The van der Waals surface area contributed by atoms with Crippen LogP contribution in [-0.2, 0) is 4.79 Å². The molecule has 1 unspecified atom stereocenters. The first kappa shape index (κ1) is 13.0. The van der Waals surface area contributed by atoms with E-state index in [1.54, 1.807) is 13.0 Å². The molecule has 0 radical (unpaired) electrons. The van der Waals surface area contributed by atoms with Crippen LogP contribution in [0.15, 0.2) is 18.2 Å². The van der Waals surface area contributed by atoms with Gasteiger partial charge in [0.1, 0.15) is 6.07 Å². The molecule has 0 heterocycles. The summed E-state index contributed by atoms with van der Waals surface area (Å²) in [7, 11) is 0. The Morgan fingerprint density at radius 1 is 1.59 bits per heavy atom. The van der Waals surface area contributed by atoms with Crippen LogP contribution in [0.3, 0.4) is 0 Å². The highest BCUT2D eigenvalue weighted by atomic mass is 16.4. The zero-order valence-corrected chi connectivity index (χ0v) is 10.0. The number of nitrogens with one attached hydrogen (secondary N) is 1. The number of nitriles is 1. The maximum Gasteiger partial charge on any atom is 0.306 e. The monoisotopic (exact) mass is 232 g/mol. The van der Waals surface area contributed by atoms with E-state index in [2.05, 4.69) is 11.4 Å². The lowest BCUT2D eigenvalue weighted by Crippen LogP contribution is -2.15. The van der Waals surface area contributed by atoms with E-state index < -0.39 is 5.97 Å². The van der Waals surface area contributed by atoms with E-state index in [1.807, 2.05) is 19.1 Å². The Hall–Kier alpha value is -2.02. The number of aryl methyl sites for hydroxylation is 1. The van der Waals surface area contributed by atoms with Crippen molar-refractivity contribution in [2.24, 2.45) is 5.92 Å². The van der Waals surface area contributed by atoms with Gasteiger partial charge in [0.2, 0.25) is 0 Å². The molecule has 0 saturated heterocycles. The standard InChI is InChI=1S/C13H16N2O2/c1-9-4-3-5-11(8-14)12(9)15-7-6-10(2)13(16)17/h3-5,10,15H,6-7H2,1-2H3,(H,16,17). The van der Waals surface area contributed by atoms with Crippen molar-refractivity contribution in [3.8, 4) is 6.07 Å². The average Bonchev–Trinajstić information content (AvgIpc) is 2.30. The minimum Gasteiger partial charge on any atom is -0.481 e. The van der Waals surface area contributed by atoms with Crippen LogP contribution in [0.4, 0.5) is 5.69 Å². The summed E-state index contributed by atoms with van der Waals surface area (Å²) in [5, 5.41) is 20.8. The van der Waals surface area contributed by atoms with E-state index in [9.17, 15) is 4.79 Å². The van der Waals surface area contributed by atoms with Crippen molar-refractivity contribution in [3.63, 3.8) is 0 Å². The third kappa shape index (κ3) is 3.49. The van der Waals surface area contributed by atoms with Crippen LogP contribution in [0.5, 0.6) is 0 Å². The predicted octanol–water partition coefficient (Wildman–Crippen LogP) is 2.39. The van der Waals surface area contributed by atoms with Gasteiger partial charge < -0.3 is 10.4 Å². The number of rotatable bonds is 5. The second kappa shape index (κ2) is 5.90. The number of nitrogens with zero attached hydrogens (tertiary/aromatic N) is 1. The average molecular weight is 232 g/mol. The number of aliphatic carboxylic acids is 1. The van der Waals surface area contributed by atoms with E-state index in [0.29, 0.717) is 18.5 Å². The fraction of sp³-hybridized carbons (Fsp3) is 0.385. The molecule has 0 aromatic heterocycles. The molecular formula is C13H16N2O2. The number of hydrogen-bond donors (Lipinski definition) is 2. The molecule has 1 atom stereocenters. The first-order valence-corrected chi connectivity index (χ1v) is 5.52. The number of carboxylic acid groups (broad SMARTS) is 1. The quantitative estimate of drug-likeness (QED) is 0.817. The van der Waals surface area contributed by atoms with Gasteiger partial charge in [-0.1, -0.05) is 19.1 Å². The number of hydrogen-bond acceptors (Lipinski definition) is 3. The molecular weight excluding hydrogens is 216 g/mol. The lowest BCUT2D eigenvalue weighted by molar-refractivity contribution is -0.141. The van der Waals surface area contributed by atoms with Gasteiger partial charge in [-0.15, -0.1) is 0 Å². The minimum atomic E-state index is -0.794. The smallest absolute Gasteiger partial charge is 0.306 e. The summed E-state index contributed by atoms with van der Waals surface area (Å²) < 4.78 is 0. The summed E-state index contributed by atoms with van der Waals surface area (Å²) in [4.78, 5) is 10.7. The second-order valence-corrected chi connectivity index (χ2v) is 4.06. The fourth-order valence-corrected chi connectivity index (χ4v) is 1.53. The number of carboxylic acids is 1. The van der Waals surface area contributed by atoms with Gasteiger partial charge in [0.05, 0.1) is 17.2 Å². The highest BCUT2D eigenvalue weighted by molar-refractivity contribution is 5.69. The summed E-state index contributed by atoms with van der Waals surface area (Å²) in [5.74, 6) is -1.17. The third-order valence-electron chi connectivity index (χ3n) is 2.69. The number of para-hydroxylation sites is 1. The highest BCUT2D eigenvalue weighted by Crippen LogP contribution is 2.19. The zero-order chi connectivity index (χ0) is 12.8. The Labute approximate surface area is 101 Å². The third-order valence-corrected chi connectivity index (χ3v) is 2.69. The van der Waals surface area contributed by atoms with Gasteiger partial charge in [0, 0.05) is 6.54 Å². The van der Waals surface area contributed by atoms with Crippen LogP contribution in [0, 0.1) is 24.2 Å². The maximum absolute atomic E-state index is 10.7. The Morgan fingerprint density at radius 2 is 2.29 bits per heavy atom. The Bertz CT molecular complexity index is 449. The van der Waals surface area contributed by atoms with Gasteiger partial charge >= 0.3 is 5.97 Å². The van der Waals surface area contributed by atoms with E-state index >= 15 is 0 Å². The summed E-state index contributed by atoms with van der Waals surface area (Å²) in [6.45, 7) is 4.14. The normalized spacial score (nSPS) is 11.6. The van der Waals surface area contributed by atoms with Gasteiger partial charge in [-0.05, 0) is 25.0 Å². The first-order valence-electron chi connectivity index (χ1n) is 5.52. The topological polar surface area (TPSA) is 73.1 Å². The van der Waals surface area contributed by atoms with Gasteiger partial charge in [0.15, 0.2) is 0 Å². The van der Waals surface area contributed by atoms with Crippen molar-refractivity contribution in [2.45, 2.75) is 20.3 Å². The van der Waals surface area contributed by atoms with Crippen LogP contribution in [0.1, 0.15) is 24.5 Å². The largest absolute Gasteiger partial charge is 0.481 e. The van der Waals surface area contributed by atoms with Crippen LogP contribution < -0.4 is 5.32 Å². The predicted molar refractivity (Wildman–Crippen MR) is 65.8 cm³/mol. The lowest BCUT2D eigenvalue weighted by atomic mass is 10.1. The number of benzene rings is 1. The second-order valence-electron chi connectivity index (χ2n) is 4.06. The molecule has 1 aromatic carbocycles. The molecule has 4 heteroatoms. The van der Waals surface area contributed by atoms with Crippen molar-refractivity contribution < 1.29 is 9.90 Å². The van der Waals surface area contributed by atoms with Crippen molar-refractivity contribution in [3.05, 3.63) is 29.3 Å². The fourth-order valence-electron chi connectivity index (χ4n) is 1.53. The SMILES string of the molecule is Cc1cccc(C#N)c1NCCC(C)C(=O)O. The van der Waals surface area contributed by atoms with Crippen LogP contribution in [0.25, 0.3) is 0 Å². The summed E-state index contributed by atoms with van der Waals surface area (Å²) in [6.07, 6.45) is 0.536. The molecule has 1 rings (SSSR count). The number of anilines is 1. The molecule has 0 fully saturated rings. The number of carbonyl (C=O) groups is 1. The minimum absolute atomic E-state index is 0.378. The molecule has 17 heavy (non-hydrogen) atoms. The lowest BCUT2D eigenvalue weighted by Gasteiger charge is -2.12. The highest BCUT2D eigenvalue weighted by Gasteiger charge is 2.11. The van der Waals surface area contributed by atoms with Gasteiger partial charge in [-0.2, -0.15) is 5.26 Å². The molecule has 90 valence electrons. The van der Waals surface area contributed by atoms with E-state index in [4.69, 9.17) is 10.4 Å². The zero-order valence-electron chi connectivity index (χ0n) is 10.0. The van der Waals surface area contributed by atoms with Gasteiger partial charge in [-0.3, -0.25) is 4.79 Å². The van der Waals surface area contributed by atoms with Gasteiger partial charge in [0.25, 0.3) is 0 Å². The van der Waals surface area contributed by atoms with Gasteiger partial charge in [-0.25, -0.2) is 0 Å². The summed E-state index contributed by atoms with van der Waals surface area (Å²) >= 11 is 0. The molecule has 1 aromatic rings. The van der Waals surface area contributed by atoms with Crippen molar-refractivity contribution in [1.29, 1.82) is 5.26 Å². The maximum atomic E-state index is 10.7. The molecule has 4 nitrogen and oxygen atoms in total. The van der Waals surface area contributed by atoms with Crippen molar-refractivity contribution in [1.82, 2.24) is 0 Å². The summed E-state index contributed by atoms with van der Waals surface area (Å²) in [5.41, 5.74) is 2.38. The molecule has 0 saturated carbocycles. The molecule has 0 amide bonds. The van der Waals surface area contributed by atoms with E-state index in [0.717, 1.165) is 11.3 Å². The molecule has 0 aliphatic carbocycles. The van der Waals surface area contributed by atoms with Crippen LogP contribution in [-0.4, -0.2) is 17.6 Å². The molecule has 0 aliphatic rings. The van der Waals surface area contributed by atoms with Crippen LogP contribution >= 0.6 is 0 Å². The Balaban J connectivity index is 2.64. The van der Waals surface area contributed by atoms with Crippen molar-refractivity contribution in [2.75, 3.05) is 11.9 Å².